The molecule has 0 amide bonds. The highest BCUT2D eigenvalue weighted by atomic mass is 35.5. The van der Waals surface area contributed by atoms with Gasteiger partial charge in [-0.15, -0.1) is 0 Å². The van der Waals surface area contributed by atoms with Crippen LogP contribution in [-0.4, -0.2) is 16.3 Å². The van der Waals surface area contributed by atoms with Crippen molar-refractivity contribution in [3.05, 3.63) is 52.3 Å². The topological polar surface area (TPSA) is 29.9 Å². The third kappa shape index (κ3) is 3.82. The van der Waals surface area contributed by atoms with Gasteiger partial charge in [-0.3, -0.25) is 4.68 Å². The second kappa shape index (κ2) is 6.73. The van der Waals surface area contributed by atoms with Crippen molar-refractivity contribution >= 4 is 11.6 Å². The Labute approximate surface area is 119 Å². The van der Waals surface area contributed by atoms with Gasteiger partial charge in [0.1, 0.15) is 0 Å². The minimum absolute atomic E-state index is 0.723. The molecule has 4 heteroatoms. The van der Waals surface area contributed by atoms with Crippen molar-refractivity contribution in [2.45, 2.75) is 33.4 Å². The summed E-state index contributed by atoms with van der Waals surface area (Å²) >= 11 is 6.02. The Bertz CT molecular complexity index is 534. The van der Waals surface area contributed by atoms with E-state index in [-0.39, 0.29) is 0 Å². The minimum atomic E-state index is 0.723. The molecule has 1 N–H and O–H groups in total. The van der Waals surface area contributed by atoms with Gasteiger partial charge in [0, 0.05) is 6.54 Å². The quantitative estimate of drug-likeness (QED) is 0.820. The standard InChI is InChI=1S/C15H20ClN3/c1-3-7-17-9-13-5-4-6-14(8-13)11-19-12(2)15(16)10-18-19/h4-6,8,10,17H,3,7,9,11H2,1-2H3. The maximum absolute atomic E-state index is 6.02. The van der Waals surface area contributed by atoms with Crippen LogP contribution in [0.1, 0.15) is 30.2 Å². The number of halogens is 1. The van der Waals surface area contributed by atoms with E-state index in [1.165, 1.54) is 11.1 Å². The highest BCUT2D eigenvalue weighted by Crippen LogP contribution is 2.15. The van der Waals surface area contributed by atoms with Gasteiger partial charge in [-0.2, -0.15) is 5.10 Å². The Morgan fingerprint density at radius 2 is 2.11 bits per heavy atom. The SMILES string of the molecule is CCCNCc1cccc(Cn2ncc(Cl)c2C)c1. The van der Waals surface area contributed by atoms with Crippen molar-refractivity contribution in [1.82, 2.24) is 15.1 Å². The summed E-state index contributed by atoms with van der Waals surface area (Å²) < 4.78 is 1.93. The van der Waals surface area contributed by atoms with E-state index >= 15 is 0 Å². The number of aromatic nitrogens is 2. The summed E-state index contributed by atoms with van der Waals surface area (Å²) in [4.78, 5) is 0. The van der Waals surface area contributed by atoms with Crippen molar-refractivity contribution in [3.63, 3.8) is 0 Å². The lowest BCUT2D eigenvalue weighted by Gasteiger charge is -2.08. The first-order valence-corrected chi connectivity index (χ1v) is 7.05. The van der Waals surface area contributed by atoms with Crippen LogP contribution in [-0.2, 0) is 13.1 Å². The van der Waals surface area contributed by atoms with Gasteiger partial charge in [-0.25, -0.2) is 0 Å². The van der Waals surface area contributed by atoms with Crippen molar-refractivity contribution in [2.75, 3.05) is 6.54 Å². The van der Waals surface area contributed by atoms with Gasteiger partial charge in [-0.1, -0.05) is 42.8 Å². The normalized spacial score (nSPS) is 10.9. The van der Waals surface area contributed by atoms with E-state index in [0.29, 0.717) is 0 Å². The maximum atomic E-state index is 6.02. The van der Waals surface area contributed by atoms with Crippen LogP contribution in [0.5, 0.6) is 0 Å². The Hall–Kier alpha value is -1.32. The summed E-state index contributed by atoms with van der Waals surface area (Å²) in [6.07, 6.45) is 2.86. The van der Waals surface area contributed by atoms with Crippen LogP contribution in [0.2, 0.25) is 5.02 Å². The van der Waals surface area contributed by atoms with Crippen LogP contribution in [0.4, 0.5) is 0 Å². The molecule has 0 radical (unpaired) electrons. The summed E-state index contributed by atoms with van der Waals surface area (Å²) in [5, 5.41) is 8.42. The molecule has 0 saturated heterocycles. The Morgan fingerprint density at radius 1 is 1.32 bits per heavy atom. The van der Waals surface area contributed by atoms with E-state index in [1.807, 2.05) is 11.6 Å². The zero-order chi connectivity index (χ0) is 13.7. The first-order chi connectivity index (χ1) is 9.20. The molecule has 0 fully saturated rings. The molecule has 102 valence electrons. The fourth-order valence-electron chi connectivity index (χ4n) is 2.00. The number of rotatable bonds is 6. The van der Waals surface area contributed by atoms with Gasteiger partial charge in [-0.05, 0) is 31.0 Å². The van der Waals surface area contributed by atoms with Crippen LogP contribution >= 0.6 is 11.6 Å². The van der Waals surface area contributed by atoms with Gasteiger partial charge in [0.2, 0.25) is 0 Å². The smallest absolute Gasteiger partial charge is 0.0815 e. The molecule has 0 spiro atoms. The third-order valence-electron chi connectivity index (χ3n) is 3.12. The molecule has 0 bridgehead atoms. The molecule has 3 nitrogen and oxygen atoms in total. The highest BCUT2D eigenvalue weighted by Gasteiger charge is 2.04. The second-order valence-electron chi connectivity index (χ2n) is 4.73. The van der Waals surface area contributed by atoms with E-state index < -0.39 is 0 Å². The van der Waals surface area contributed by atoms with Gasteiger partial charge >= 0.3 is 0 Å². The molecule has 0 aliphatic rings. The fourth-order valence-corrected chi connectivity index (χ4v) is 2.14. The van der Waals surface area contributed by atoms with Crippen LogP contribution in [0.15, 0.2) is 30.5 Å². The largest absolute Gasteiger partial charge is 0.313 e. The maximum Gasteiger partial charge on any atom is 0.0815 e. The summed E-state index contributed by atoms with van der Waals surface area (Å²) in [5.41, 5.74) is 3.57. The van der Waals surface area contributed by atoms with Crippen molar-refractivity contribution in [2.24, 2.45) is 0 Å². The van der Waals surface area contributed by atoms with Crippen LogP contribution in [0.25, 0.3) is 0 Å². The monoisotopic (exact) mass is 277 g/mol. The zero-order valence-corrected chi connectivity index (χ0v) is 12.2. The first kappa shape index (κ1) is 14.1. The van der Waals surface area contributed by atoms with Gasteiger partial charge < -0.3 is 5.32 Å². The Kier molecular flexibility index (Phi) is 5.00. The lowest BCUT2D eigenvalue weighted by atomic mass is 10.1. The minimum Gasteiger partial charge on any atom is -0.313 e. The molecular weight excluding hydrogens is 258 g/mol. The van der Waals surface area contributed by atoms with E-state index in [4.69, 9.17) is 11.6 Å². The summed E-state index contributed by atoms with van der Waals surface area (Å²) in [5.74, 6) is 0. The molecular formula is C15H20ClN3. The van der Waals surface area contributed by atoms with E-state index in [1.54, 1.807) is 6.20 Å². The van der Waals surface area contributed by atoms with Crippen molar-refractivity contribution < 1.29 is 0 Å². The number of nitrogens with zero attached hydrogens (tertiary/aromatic N) is 2. The highest BCUT2D eigenvalue weighted by molar-refractivity contribution is 6.31. The molecule has 2 aromatic rings. The average Bonchev–Trinajstić information content (AvgIpc) is 2.72. The molecule has 19 heavy (non-hydrogen) atoms. The molecule has 1 heterocycles. The molecule has 0 aliphatic carbocycles. The van der Waals surface area contributed by atoms with E-state index in [9.17, 15) is 0 Å². The lowest BCUT2D eigenvalue weighted by Crippen LogP contribution is -2.14. The molecule has 0 aliphatic heterocycles. The molecule has 1 aromatic carbocycles. The van der Waals surface area contributed by atoms with Gasteiger partial charge in [0.05, 0.1) is 23.5 Å². The Morgan fingerprint density at radius 3 is 2.79 bits per heavy atom. The number of nitrogens with one attached hydrogen (secondary N) is 1. The predicted octanol–water partition coefficient (Wildman–Crippen LogP) is 3.39. The van der Waals surface area contributed by atoms with E-state index in [0.717, 1.165) is 36.8 Å². The van der Waals surface area contributed by atoms with Crippen LogP contribution in [0.3, 0.4) is 0 Å². The number of hydrogen-bond acceptors (Lipinski definition) is 2. The molecule has 0 atom stereocenters. The van der Waals surface area contributed by atoms with Gasteiger partial charge in [0.15, 0.2) is 0 Å². The fraction of sp³-hybridized carbons (Fsp3) is 0.400. The van der Waals surface area contributed by atoms with E-state index in [2.05, 4.69) is 41.6 Å². The Balaban J connectivity index is 2.04. The zero-order valence-electron chi connectivity index (χ0n) is 11.5. The number of hydrogen-bond donors (Lipinski definition) is 1. The average molecular weight is 278 g/mol. The first-order valence-electron chi connectivity index (χ1n) is 6.67. The van der Waals surface area contributed by atoms with Gasteiger partial charge in [0.25, 0.3) is 0 Å². The van der Waals surface area contributed by atoms with Crippen molar-refractivity contribution in [3.8, 4) is 0 Å². The molecule has 1 aromatic heterocycles. The summed E-state index contributed by atoms with van der Waals surface area (Å²) in [6.45, 7) is 6.90. The van der Waals surface area contributed by atoms with Crippen LogP contribution < -0.4 is 5.32 Å². The second-order valence-corrected chi connectivity index (χ2v) is 5.14. The molecule has 2 rings (SSSR count). The molecule has 0 unspecified atom stereocenters. The van der Waals surface area contributed by atoms with Crippen molar-refractivity contribution in [1.29, 1.82) is 0 Å². The third-order valence-corrected chi connectivity index (χ3v) is 3.49. The predicted molar refractivity (Wildman–Crippen MR) is 79.5 cm³/mol. The number of benzene rings is 1. The lowest BCUT2D eigenvalue weighted by molar-refractivity contribution is 0.658. The molecule has 0 saturated carbocycles. The van der Waals surface area contributed by atoms with Crippen LogP contribution in [0, 0.1) is 6.92 Å². The summed E-state index contributed by atoms with van der Waals surface area (Å²) in [6, 6.07) is 8.59. The summed E-state index contributed by atoms with van der Waals surface area (Å²) in [7, 11) is 0.